The monoisotopic (exact) mass is 335 g/mol. The van der Waals surface area contributed by atoms with Gasteiger partial charge in [0.1, 0.15) is 5.69 Å². The molecule has 3 N–H and O–H groups in total. The van der Waals surface area contributed by atoms with Crippen molar-refractivity contribution in [2.45, 2.75) is 25.8 Å². The molecule has 1 aromatic heterocycles. The number of benzene rings is 1. The smallest absolute Gasteiger partial charge is 0.322 e. The van der Waals surface area contributed by atoms with Gasteiger partial charge in [0.15, 0.2) is 0 Å². The summed E-state index contributed by atoms with van der Waals surface area (Å²) in [6.45, 7) is 1.49. The molecule has 23 heavy (non-hydrogen) atoms. The Labute approximate surface area is 136 Å². The molecule has 9 heteroatoms. The fourth-order valence-corrected chi connectivity index (χ4v) is 2.35. The quantitative estimate of drug-likeness (QED) is 0.574. The number of hydrogen-bond donors (Lipinski definition) is 3. The summed E-state index contributed by atoms with van der Waals surface area (Å²) in [4.78, 5) is 22.8. The first-order chi connectivity index (χ1) is 11.0. The Kier molecular flexibility index (Phi) is 3.91. The molecule has 0 saturated heterocycles. The molecule has 0 atom stereocenters. The Morgan fingerprint density at radius 2 is 2.17 bits per heavy atom. The Morgan fingerprint density at radius 1 is 1.43 bits per heavy atom. The van der Waals surface area contributed by atoms with Gasteiger partial charge in [-0.3, -0.25) is 20.0 Å². The van der Waals surface area contributed by atoms with E-state index in [4.69, 9.17) is 11.6 Å². The van der Waals surface area contributed by atoms with Crippen molar-refractivity contribution in [2.24, 2.45) is 0 Å². The standard InChI is InChI=1S/C14H14ClN5O3/c1-7-13(20(22)23)12(19-18-7)14(21)17-11-6-8(15)2-5-10(11)16-9-3-4-9/h2,5-6,9,16H,3-4H2,1H3,(H,17,21)(H,18,19). The highest BCUT2D eigenvalue weighted by atomic mass is 35.5. The van der Waals surface area contributed by atoms with Gasteiger partial charge in [0.2, 0.25) is 5.69 Å². The molecule has 0 aliphatic heterocycles. The molecule has 0 bridgehead atoms. The second kappa shape index (κ2) is 5.88. The first kappa shape index (κ1) is 15.3. The summed E-state index contributed by atoms with van der Waals surface area (Å²) in [5.74, 6) is -0.665. The first-order valence-corrected chi connectivity index (χ1v) is 7.40. The molecule has 1 saturated carbocycles. The lowest BCUT2D eigenvalue weighted by Gasteiger charge is -2.12. The van der Waals surface area contributed by atoms with Gasteiger partial charge in [0.25, 0.3) is 5.91 Å². The van der Waals surface area contributed by atoms with Gasteiger partial charge in [-0.15, -0.1) is 0 Å². The summed E-state index contributed by atoms with van der Waals surface area (Å²) < 4.78 is 0. The second-order valence-electron chi connectivity index (χ2n) is 5.37. The zero-order valence-corrected chi connectivity index (χ0v) is 13.0. The summed E-state index contributed by atoms with van der Waals surface area (Å²) in [6.07, 6.45) is 2.14. The number of H-pyrrole nitrogens is 1. The molecule has 1 heterocycles. The number of nitrogens with one attached hydrogen (secondary N) is 3. The van der Waals surface area contributed by atoms with Crippen molar-refractivity contribution in [3.8, 4) is 0 Å². The average molecular weight is 336 g/mol. The van der Waals surface area contributed by atoms with E-state index in [1.54, 1.807) is 18.2 Å². The molecule has 2 aromatic rings. The van der Waals surface area contributed by atoms with Crippen LogP contribution in [0, 0.1) is 17.0 Å². The minimum absolute atomic E-state index is 0.225. The molecule has 1 fully saturated rings. The normalized spacial score (nSPS) is 13.7. The van der Waals surface area contributed by atoms with Crippen molar-refractivity contribution in [3.05, 3.63) is 44.7 Å². The van der Waals surface area contributed by atoms with Gasteiger partial charge in [-0.2, -0.15) is 5.10 Å². The van der Waals surface area contributed by atoms with Crippen LogP contribution < -0.4 is 10.6 Å². The number of amides is 1. The van der Waals surface area contributed by atoms with Crippen molar-refractivity contribution in [1.82, 2.24) is 10.2 Å². The van der Waals surface area contributed by atoms with E-state index in [-0.39, 0.29) is 17.1 Å². The Morgan fingerprint density at radius 3 is 2.83 bits per heavy atom. The SMILES string of the molecule is Cc1[nH]nc(C(=O)Nc2cc(Cl)ccc2NC2CC2)c1[N+](=O)[O-]. The van der Waals surface area contributed by atoms with Crippen LogP contribution in [0.5, 0.6) is 0 Å². The summed E-state index contributed by atoms with van der Waals surface area (Å²) in [7, 11) is 0. The molecule has 3 rings (SSSR count). The van der Waals surface area contributed by atoms with E-state index >= 15 is 0 Å². The third-order valence-electron chi connectivity index (χ3n) is 3.48. The van der Waals surface area contributed by atoms with Gasteiger partial charge in [-0.25, -0.2) is 0 Å². The molecule has 1 aliphatic carbocycles. The average Bonchev–Trinajstić information content (AvgIpc) is 3.21. The number of carbonyl (C=O) groups excluding carboxylic acids is 1. The van der Waals surface area contributed by atoms with Gasteiger partial charge in [0.05, 0.1) is 16.3 Å². The van der Waals surface area contributed by atoms with E-state index < -0.39 is 10.8 Å². The van der Waals surface area contributed by atoms with Crippen molar-refractivity contribution in [3.63, 3.8) is 0 Å². The van der Waals surface area contributed by atoms with E-state index in [0.29, 0.717) is 16.8 Å². The molecule has 0 spiro atoms. The van der Waals surface area contributed by atoms with Crippen molar-refractivity contribution in [1.29, 1.82) is 0 Å². The number of rotatable bonds is 5. The number of anilines is 2. The molecule has 0 radical (unpaired) electrons. The van der Waals surface area contributed by atoms with Crippen LogP contribution in [0.1, 0.15) is 29.0 Å². The molecule has 1 aliphatic rings. The Hall–Kier alpha value is -2.61. The zero-order chi connectivity index (χ0) is 16.6. The minimum Gasteiger partial charge on any atom is -0.381 e. The lowest BCUT2D eigenvalue weighted by molar-refractivity contribution is -0.385. The highest BCUT2D eigenvalue weighted by Crippen LogP contribution is 2.32. The molecule has 8 nitrogen and oxygen atoms in total. The van der Waals surface area contributed by atoms with Crippen LogP contribution in [0.25, 0.3) is 0 Å². The fraction of sp³-hybridized carbons (Fsp3) is 0.286. The van der Waals surface area contributed by atoms with Gasteiger partial charge in [-0.05, 0) is 38.0 Å². The van der Waals surface area contributed by atoms with Crippen LogP contribution in [0.15, 0.2) is 18.2 Å². The van der Waals surface area contributed by atoms with Crippen molar-refractivity contribution < 1.29 is 9.72 Å². The maximum Gasteiger partial charge on any atom is 0.322 e. The third-order valence-corrected chi connectivity index (χ3v) is 3.71. The van der Waals surface area contributed by atoms with Crippen LogP contribution in [0.3, 0.4) is 0 Å². The van der Waals surface area contributed by atoms with E-state index in [1.807, 2.05) is 0 Å². The molecule has 1 aromatic carbocycles. The third kappa shape index (κ3) is 3.26. The van der Waals surface area contributed by atoms with E-state index in [2.05, 4.69) is 20.8 Å². The molecule has 0 unspecified atom stereocenters. The van der Waals surface area contributed by atoms with Crippen LogP contribution in [-0.2, 0) is 0 Å². The predicted molar refractivity (Wildman–Crippen MR) is 86.0 cm³/mol. The van der Waals surface area contributed by atoms with Gasteiger partial charge in [0, 0.05) is 11.1 Å². The van der Waals surface area contributed by atoms with Crippen LogP contribution in [0.2, 0.25) is 5.02 Å². The van der Waals surface area contributed by atoms with Gasteiger partial charge in [-0.1, -0.05) is 11.6 Å². The number of nitro groups is 1. The van der Waals surface area contributed by atoms with E-state index in [0.717, 1.165) is 18.5 Å². The number of hydrogen-bond acceptors (Lipinski definition) is 5. The number of carbonyl (C=O) groups is 1. The zero-order valence-electron chi connectivity index (χ0n) is 12.2. The minimum atomic E-state index is -0.665. The van der Waals surface area contributed by atoms with E-state index in [1.165, 1.54) is 6.92 Å². The lowest BCUT2D eigenvalue weighted by atomic mass is 10.2. The molecular formula is C14H14ClN5O3. The molecule has 120 valence electrons. The fourth-order valence-electron chi connectivity index (χ4n) is 2.18. The van der Waals surface area contributed by atoms with Crippen LogP contribution >= 0.6 is 11.6 Å². The number of aromatic amines is 1. The Balaban J connectivity index is 1.88. The highest BCUT2D eigenvalue weighted by molar-refractivity contribution is 6.31. The summed E-state index contributed by atoms with van der Waals surface area (Å²) in [6, 6.07) is 5.45. The summed E-state index contributed by atoms with van der Waals surface area (Å²) >= 11 is 5.98. The molecular weight excluding hydrogens is 322 g/mol. The number of aryl methyl sites for hydroxylation is 1. The highest BCUT2D eigenvalue weighted by Gasteiger charge is 2.28. The number of aromatic nitrogens is 2. The first-order valence-electron chi connectivity index (χ1n) is 7.02. The predicted octanol–water partition coefficient (Wildman–Crippen LogP) is 3.11. The second-order valence-corrected chi connectivity index (χ2v) is 5.80. The van der Waals surface area contributed by atoms with Crippen molar-refractivity contribution >= 4 is 34.6 Å². The topological polar surface area (TPSA) is 113 Å². The summed E-state index contributed by atoms with van der Waals surface area (Å²) in [5, 5.41) is 23.6. The maximum absolute atomic E-state index is 12.3. The van der Waals surface area contributed by atoms with Gasteiger partial charge < -0.3 is 10.6 Å². The summed E-state index contributed by atoms with van der Waals surface area (Å²) in [5.41, 5.74) is 0.818. The Bertz CT molecular complexity index is 785. The van der Waals surface area contributed by atoms with Crippen LogP contribution in [-0.4, -0.2) is 27.1 Å². The van der Waals surface area contributed by atoms with Crippen molar-refractivity contribution in [2.75, 3.05) is 10.6 Å². The van der Waals surface area contributed by atoms with E-state index in [9.17, 15) is 14.9 Å². The molecule has 1 amide bonds. The van der Waals surface area contributed by atoms with Crippen LogP contribution in [0.4, 0.5) is 17.1 Å². The number of nitrogens with zero attached hydrogens (tertiary/aromatic N) is 2. The largest absolute Gasteiger partial charge is 0.381 e. The maximum atomic E-state index is 12.3. The van der Waals surface area contributed by atoms with Gasteiger partial charge >= 0.3 is 5.69 Å². The number of halogens is 1. The lowest BCUT2D eigenvalue weighted by Crippen LogP contribution is -2.16.